The molecule has 0 spiro atoms. The van der Waals surface area contributed by atoms with Crippen molar-refractivity contribution in [3.8, 4) is 5.75 Å². The largest absolute Gasteiger partial charge is 0.489 e. The Hall–Kier alpha value is -3.11. The van der Waals surface area contributed by atoms with Crippen molar-refractivity contribution in [3.05, 3.63) is 102 Å². The number of hydrogen-bond acceptors (Lipinski definition) is 3. The van der Waals surface area contributed by atoms with Gasteiger partial charge in [-0.1, -0.05) is 72.8 Å². The third-order valence-corrected chi connectivity index (χ3v) is 3.97. The number of amides is 1. The van der Waals surface area contributed by atoms with Crippen LogP contribution in [-0.2, 0) is 11.4 Å². The minimum Gasteiger partial charge on any atom is -0.489 e. The Morgan fingerprint density at radius 2 is 1.40 bits per heavy atom. The normalized spacial score (nSPS) is 11.6. The van der Waals surface area contributed by atoms with Gasteiger partial charge in [-0.05, 0) is 28.8 Å². The average molecular weight is 333 g/mol. The maximum absolute atomic E-state index is 12.1. The van der Waals surface area contributed by atoms with Gasteiger partial charge in [-0.25, -0.2) is 5.48 Å². The van der Waals surface area contributed by atoms with E-state index in [4.69, 9.17) is 9.94 Å². The van der Waals surface area contributed by atoms with Crippen molar-refractivity contribution in [2.75, 3.05) is 0 Å². The van der Waals surface area contributed by atoms with Gasteiger partial charge >= 0.3 is 0 Å². The Morgan fingerprint density at radius 3 is 2.00 bits per heavy atom. The van der Waals surface area contributed by atoms with Gasteiger partial charge in [0.1, 0.15) is 12.4 Å². The molecule has 1 unspecified atom stereocenters. The summed E-state index contributed by atoms with van der Waals surface area (Å²) in [6, 6.07) is 26.6. The summed E-state index contributed by atoms with van der Waals surface area (Å²) in [7, 11) is 0. The van der Waals surface area contributed by atoms with Gasteiger partial charge in [0.2, 0.25) is 0 Å². The molecule has 0 aromatic heterocycles. The van der Waals surface area contributed by atoms with Crippen LogP contribution in [0.25, 0.3) is 0 Å². The van der Waals surface area contributed by atoms with Gasteiger partial charge in [0, 0.05) is 0 Å². The Bertz CT molecular complexity index is 802. The Labute approximate surface area is 146 Å². The van der Waals surface area contributed by atoms with Crippen LogP contribution in [0, 0.1) is 0 Å². The third-order valence-electron chi connectivity index (χ3n) is 3.97. The minimum absolute atomic E-state index is 0.468. The molecular formula is C21H19NO3. The van der Waals surface area contributed by atoms with Crippen LogP contribution in [0.3, 0.4) is 0 Å². The van der Waals surface area contributed by atoms with Crippen molar-refractivity contribution in [1.82, 2.24) is 5.48 Å². The van der Waals surface area contributed by atoms with Crippen molar-refractivity contribution >= 4 is 5.91 Å². The zero-order valence-corrected chi connectivity index (χ0v) is 13.6. The summed E-state index contributed by atoms with van der Waals surface area (Å²) in [5.74, 6) is -0.317. The molecule has 0 radical (unpaired) electrons. The highest BCUT2D eigenvalue weighted by Crippen LogP contribution is 2.26. The van der Waals surface area contributed by atoms with Crippen molar-refractivity contribution in [2.24, 2.45) is 0 Å². The monoisotopic (exact) mass is 333 g/mol. The lowest BCUT2D eigenvalue weighted by Gasteiger charge is -2.16. The van der Waals surface area contributed by atoms with E-state index in [1.54, 1.807) is 5.48 Å². The van der Waals surface area contributed by atoms with Crippen LogP contribution in [0.4, 0.5) is 0 Å². The summed E-state index contributed by atoms with van der Waals surface area (Å²) in [6.45, 7) is 0.486. The zero-order valence-electron chi connectivity index (χ0n) is 13.6. The number of hydrogen-bond donors (Lipinski definition) is 2. The minimum atomic E-state index is -0.575. The van der Waals surface area contributed by atoms with Gasteiger partial charge in [-0.3, -0.25) is 10.0 Å². The standard InChI is InChI=1S/C21H19NO3/c23-21(22-24)20(17-9-5-2-6-10-17)18-11-13-19(14-12-18)25-15-16-7-3-1-4-8-16/h1-14,20,24H,15H2,(H,22,23). The number of carbonyl (C=O) groups is 1. The van der Waals surface area contributed by atoms with E-state index in [0.717, 1.165) is 22.4 Å². The van der Waals surface area contributed by atoms with E-state index < -0.39 is 11.8 Å². The molecule has 0 aliphatic carbocycles. The smallest absolute Gasteiger partial charge is 0.255 e. The van der Waals surface area contributed by atoms with E-state index in [2.05, 4.69) is 0 Å². The molecule has 4 heteroatoms. The van der Waals surface area contributed by atoms with E-state index in [9.17, 15) is 4.79 Å². The van der Waals surface area contributed by atoms with Gasteiger partial charge in [-0.2, -0.15) is 0 Å². The molecule has 0 heterocycles. The molecule has 0 bridgehead atoms. The quantitative estimate of drug-likeness (QED) is 0.531. The summed E-state index contributed by atoms with van der Waals surface area (Å²) in [5.41, 5.74) is 4.44. The topological polar surface area (TPSA) is 58.6 Å². The van der Waals surface area contributed by atoms with Gasteiger partial charge < -0.3 is 4.74 Å². The number of benzene rings is 3. The maximum Gasteiger partial charge on any atom is 0.255 e. The number of nitrogens with one attached hydrogen (secondary N) is 1. The predicted octanol–water partition coefficient (Wildman–Crippen LogP) is 3.90. The molecule has 1 atom stereocenters. The Morgan fingerprint density at radius 1 is 0.840 bits per heavy atom. The van der Waals surface area contributed by atoms with Crippen LogP contribution in [0.2, 0.25) is 0 Å². The van der Waals surface area contributed by atoms with Crippen LogP contribution < -0.4 is 10.2 Å². The van der Waals surface area contributed by atoms with E-state index in [1.807, 2.05) is 84.9 Å². The van der Waals surface area contributed by atoms with Crippen molar-refractivity contribution in [3.63, 3.8) is 0 Å². The maximum atomic E-state index is 12.1. The summed E-state index contributed by atoms with van der Waals surface area (Å²) in [4.78, 5) is 12.1. The molecule has 25 heavy (non-hydrogen) atoms. The molecule has 0 saturated heterocycles. The number of carbonyl (C=O) groups excluding carboxylic acids is 1. The number of ether oxygens (including phenoxy) is 1. The fourth-order valence-corrected chi connectivity index (χ4v) is 2.70. The van der Waals surface area contributed by atoms with Gasteiger partial charge in [-0.15, -0.1) is 0 Å². The van der Waals surface area contributed by atoms with Gasteiger partial charge in [0.15, 0.2) is 0 Å². The lowest BCUT2D eigenvalue weighted by Crippen LogP contribution is -2.27. The van der Waals surface area contributed by atoms with E-state index in [1.165, 1.54) is 0 Å². The van der Waals surface area contributed by atoms with Crippen molar-refractivity contribution in [2.45, 2.75) is 12.5 Å². The first-order valence-electron chi connectivity index (χ1n) is 8.03. The van der Waals surface area contributed by atoms with Crippen LogP contribution in [0.15, 0.2) is 84.9 Å². The Kier molecular flexibility index (Phi) is 5.44. The fourth-order valence-electron chi connectivity index (χ4n) is 2.70. The molecule has 126 valence electrons. The Balaban J connectivity index is 1.76. The summed E-state index contributed by atoms with van der Waals surface area (Å²) in [5, 5.41) is 9.07. The first-order valence-corrected chi connectivity index (χ1v) is 8.03. The first kappa shape index (κ1) is 16.7. The second-order valence-corrected chi connectivity index (χ2v) is 5.66. The van der Waals surface area contributed by atoms with Crippen molar-refractivity contribution < 1.29 is 14.7 Å². The number of hydroxylamine groups is 1. The molecule has 0 saturated carbocycles. The molecular weight excluding hydrogens is 314 g/mol. The summed E-state index contributed by atoms with van der Waals surface area (Å²) < 4.78 is 5.77. The first-order chi connectivity index (χ1) is 12.3. The molecule has 2 N–H and O–H groups in total. The van der Waals surface area contributed by atoms with E-state index in [-0.39, 0.29) is 0 Å². The average Bonchev–Trinajstić information content (AvgIpc) is 2.69. The molecule has 3 aromatic rings. The lowest BCUT2D eigenvalue weighted by molar-refractivity contribution is -0.129. The van der Waals surface area contributed by atoms with Crippen LogP contribution in [-0.4, -0.2) is 11.1 Å². The molecule has 0 aliphatic rings. The highest BCUT2D eigenvalue weighted by Gasteiger charge is 2.22. The molecule has 4 nitrogen and oxygen atoms in total. The van der Waals surface area contributed by atoms with Gasteiger partial charge in [0.25, 0.3) is 5.91 Å². The highest BCUT2D eigenvalue weighted by molar-refractivity contribution is 5.86. The summed E-state index contributed by atoms with van der Waals surface area (Å²) in [6.07, 6.45) is 0. The second kappa shape index (κ2) is 8.13. The zero-order chi connectivity index (χ0) is 17.5. The lowest BCUT2D eigenvalue weighted by atomic mass is 9.91. The molecule has 1 amide bonds. The SMILES string of the molecule is O=C(NO)C(c1ccccc1)c1ccc(OCc2ccccc2)cc1. The van der Waals surface area contributed by atoms with Crippen LogP contribution >= 0.6 is 0 Å². The summed E-state index contributed by atoms with van der Waals surface area (Å²) >= 11 is 0. The number of rotatable bonds is 6. The van der Waals surface area contributed by atoms with Crippen LogP contribution in [0.5, 0.6) is 5.75 Å². The fraction of sp³-hybridized carbons (Fsp3) is 0.0952. The third kappa shape index (κ3) is 4.25. The van der Waals surface area contributed by atoms with Crippen molar-refractivity contribution in [1.29, 1.82) is 0 Å². The second-order valence-electron chi connectivity index (χ2n) is 5.66. The van der Waals surface area contributed by atoms with E-state index in [0.29, 0.717) is 6.61 Å². The molecule has 0 aliphatic heterocycles. The molecule has 3 aromatic carbocycles. The highest BCUT2D eigenvalue weighted by atomic mass is 16.5. The predicted molar refractivity (Wildman–Crippen MR) is 95.4 cm³/mol. The van der Waals surface area contributed by atoms with E-state index >= 15 is 0 Å². The molecule has 0 fully saturated rings. The molecule has 3 rings (SSSR count). The van der Waals surface area contributed by atoms with Crippen LogP contribution in [0.1, 0.15) is 22.6 Å². The van der Waals surface area contributed by atoms with Gasteiger partial charge in [0.05, 0.1) is 5.92 Å².